The molecule has 0 atom stereocenters. The van der Waals surface area contributed by atoms with Gasteiger partial charge in [0.05, 0.1) is 18.5 Å². The standard InChI is InChI=1S/C16H16N4O/c1-10-9-12(7-8-18-10)15-14(19-16(17)20-15)11-3-5-13(21-2)6-4-11/h3-9H,1-2H3,(H3,17,19,20). The summed E-state index contributed by atoms with van der Waals surface area (Å²) in [4.78, 5) is 11.7. The lowest BCUT2D eigenvalue weighted by Crippen LogP contribution is -1.87. The van der Waals surface area contributed by atoms with Gasteiger partial charge in [-0.2, -0.15) is 0 Å². The molecule has 5 heteroatoms. The average molecular weight is 280 g/mol. The molecule has 0 saturated carbocycles. The number of methoxy groups -OCH3 is 1. The number of H-pyrrole nitrogens is 1. The number of hydrogen-bond donors (Lipinski definition) is 2. The van der Waals surface area contributed by atoms with E-state index in [4.69, 9.17) is 10.5 Å². The van der Waals surface area contributed by atoms with Crippen molar-refractivity contribution in [3.8, 4) is 28.3 Å². The highest BCUT2D eigenvalue weighted by Gasteiger charge is 2.13. The molecule has 3 N–H and O–H groups in total. The number of rotatable bonds is 3. The molecule has 0 amide bonds. The Hall–Kier alpha value is -2.82. The zero-order valence-electron chi connectivity index (χ0n) is 11.9. The van der Waals surface area contributed by atoms with Crippen LogP contribution in [-0.4, -0.2) is 22.1 Å². The first-order valence-corrected chi connectivity index (χ1v) is 6.60. The summed E-state index contributed by atoms with van der Waals surface area (Å²) < 4.78 is 5.18. The predicted molar refractivity (Wildman–Crippen MR) is 83.0 cm³/mol. The Kier molecular flexibility index (Phi) is 3.31. The summed E-state index contributed by atoms with van der Waals surface area (Å²) in [5.41, 5.74) is 10.5. The van der Waals surface area contributed by atoms with Crippen LogP contribution in [0.25, 0.3) is 22.5 Å². The van der Waals surface area contributed by atoms with Crippen LogP contribution in [0.15, 0.2) is 42.6 Å². The van der Waals surface area contributed by atoms with Crippen LogP contribution >= 0.6 is 0 Å². The molecule has 1 aromatic carbocycles. The minimum atomic E-state index is 0.394. The van der Waals surface area contributed by atoms with Gasteiger partial charge < -0.3 is 15.5 Å². The summed E-state index contributed by atoms with van der Waals surface area (Å²) in [5.74, 6) is 1.21. The third-order valence-electron chi connectivity index (χ3n) is 3.27. The van der Waals surface area contributed by atoms with Crippen LogP contribution in [0.4, 0.5) is 5.95 Å². The highest BCUT2D eigenvalue weighted by molar-refractivity contribution is 5.79. The van der Waals surface area contributed by atoms with Crippen molar-refractivity contribution < 1.29 is 4.74 Å². The monoisotopic (exact) mass is 280 g/mol. The van der Waals surface area contributed by atoms with E-state index in [0.717, 1.165) is 34.0 Å². The van der Waals surface area contributed by atoms with Crippen LogP contribution in [0, 0.1) is 6.92 Å². The van der Waals surface area contributed by atoms with Crippen LogP contribution in [0.2, 0.25) is 0 Å². The maximum atomic E-state index is 5.84. The molecule has 0 aliphatic rings. The van der Waals surface area contributed by atoms with Gasteiger partial charge in [0.2, 0.25) is 0 Å². The topological polar surface area (TPSA) is 76.8 Å². The van der Waals surface area contributed by atoms with Gasteiger partial charge in [-0.25, -0.2) is 4.98 Å². The van der Waals surface area contributed by atoms with Crippen molar-refractivity contribution in [3.63, 3.8) is 0 Å². The van der Waals surface area contributed by atoms with Crippen LogP contribution in [0.5, 0.6) is 5.75 Å². The third kappa shape index (κ3) is 2.58. The SMILES string of the molecule is COc1ccc(-c2[nH]c(N)nc2-c2ccnc(C)c2)cc1. The first-order chi connectivity index (χ1) is 10.2. The Bertz CT molecular complexity index is 762. The molecule has 0 fully saturated rings. The van der Waals surface area contributed by atoms with Gasteiger partial charge in [0.25, 0.3) is 0 Å². The molecule has 0 aliphatic carbocycles. The van der Waals surface area contributed by atoms with Gasteiger partial charge in [-0.1, -0.05) is 0 Å². The molecule has 3 rings (SSSR count). The molecular weight excluding hydrogens is 264 g/mol. The predicted octanol–water partition coefficient (Wildman–Crippen LogP) is 3.04. The molecule has 0 saturated heterocycles. The number of nitrogens with two attached hydrogens (primary N) is 1. The molecule has 0 radical (unpaired) electrons. The normalized spacial score (nSPS) is 10.6. The molecular formula is C16H16N4O. The van der Waals surface area contributed by atoms with Gasteiger partial charge in [0.15, 0.2) is 5.95 Å². The quantitative estimate of drug-likeness (QED) is 0.773. The number of aromatic amines is 1. The maximum Gasteiger partial charge on any atom is 0.198 e. The van der Waals surface area contributed by atoms with Gasteiger partial charge in [-0.15, -0.1) is 0 Å². The van der Waals surface area contributed by atoms with E-state index in [2.05, 4.69) is 15.0 Å². The summed E-state index contributed by atoms with van der Waals surface area (Å²) in [5, 5.41) is 0. The van der Waals surface area contributed by atoms with Gasteiger partial charge in [0.1, 0.15) is 5.75 Å². The Morgan fingerprint density at radius 3 is 2.52 bits per heavy atom. The minimum Gasteiger partial charge on any atom is -0.497 e. The number of imidazole rings is 1. The van der Waals surface area contributed by atoms with Gasteiger partial charge >= 0.3 is 0 Å². The smallest absolute Gasteiger partial charge is 0.198 e. The molecule has 0 spiro atoms. The number of aryl methyl sites for hydroxylation is 1. The Balaban J connectivity index is 2.10. The van der Waals surface area contributed by atoms with Gasteiger partial charge in [-0.3, -0.25) is 4.98 Å². The molecule has 0 unspecified atom stereocenters. The van der Waals surface area contributed by atoms with Crippen molar-refractivity contribution in [2.75, 3.05) is 12.8 Å². The zero-order chi connectivity index (χ0) is 14.8. The number of nitrogens with one attached hydrogen (secondary N) is 1. The second kappa shape index (κ2) is 5.28. The Morgan fingerprint density at radius 2 is 1.86 bits per heavy atom. The number of nitrogens with zero attached hydrogens (tertiary/aromatic N) is 2. The lowest BCUT2D eigenvalue weighted by atomic mass is 10.1. The van der Waals surface area contributed by atoms with E-state index in [0.29, 0.717) is 5.95 Å². The molecule has 3 aromatic rings. The van der Waals surface area contributed by atoms with E-state index in [1.165, 1.54) is 0 Å². The van der Waals surface area contributed by atoms with Gasteiger partial charge in [-0.05, 0) is 43.3 Å². The number of anilines is 1. The van der Waals surface area contributed by atoms with E-state index < -0.39 is 0 Å². The number of hydrogen-bond acceptors (Lipinski definition) is 4. The van der Waals surface area contributed by atoms with E-state index in [1.807, 2.05) is 43.3 Å². The van der Waals surface area contributed by atoms with Crippen molar-refractivity contribution in [2.24, 2.45) is 0 Å². The Morgan fingerprint density at radius 1 is 1.10 bits per heavy atom. The Labute approximate surface area is 122 Å². The number of ether oxygens (including phenoxy) is 1. The number of nitrogen functional groups attached to an aromatic ring is 1. The van der Waals surface area contributed by atoms with E-state index in [1.54, 1.807) is 13.3 Å². The van der Waals surface area contributed by atoms with Crippen LogP contribution in [-0.2, 0) is 0 Å². The second-order valence-electron chi connectivity index (χ2n) is 4.76. The maximum absolute atomic E-state index is 5.84. The van der Waals surface area contributed by atoms with Crippen LogP contribution in [0.1, 0.15) is 5.69 Å². The van der Waals surface area contributed by atoms with Crippen molar-refractivity contribution in [2.45, 2.75) is 6.92 Å². The zero-order valence-corrected chi connectivity index (χ0v) is 11.9. The third-order valence-corrected chi connectivity index (χ3v) is 3.27. The van der Waals surface area contributed by atoms with Crippen LogP contribution < -0.4 is 10.5 Å². The molecule has 21 heavy (non-hydrogen) atoms. The van der Waals surface area contributed by atoms with Crippen molar-refractivity contribution in [1.29, 1.82) is 0 Å². The fourth-order valence-electron chi connectivity index (χ4n) is 2.26. The lowest BCUT2D eigenvalue weighted by molar-refractivity contribution is 0.415. The summed E-state index contributed by atoms with van der Waals surface area (Å²) in [6.07, 6.45) is 1.77. The molecule has 0 bridgehead atoms. The van der Waals surface area contributed by atoms with E-state index >= 15 is 0 Å². The fraction of sp³-hybridized carbons (Fsp3) is 0.125. The molecule has 0 aliphatic heterocycles. The molecule has 106 valence electrons. The second-order valence-corrected chi connectivity index (χ2v) is 4.76. The summed E-state index contributed by atoms with van der Waals surface area (Å²) >= 11 is 0. The highest BCUT2D eigenvalue weighted by Crippen LogP contribution is 2.31. The first kappa shape index (κ1) is 13.2. The summed E-state index contributed by atoms with van der Waals surface area (Å²) in [7, 11) is 1.65. The first-order valence-electron chi connectivity index (χ1n) is 6.60. The average Bonchev–Trinajstić information content (AvgIpc) is 2.89. The molecule has 2 aromatic heterocycles. The van der Waals surface area contributed by atoms with Crippen molar-refractivity contribution in [3.05, 3.63) is 48.3 Å². The lowest BCUT2D eigenvalue weighted by Gasteiger charge is -2.05. The largest absolute Gasteiger partial charge is 0.497 e. The van der Waals surface area contributed by atoms with Crippen LogP contribution in [0.3, 0.4) is 0 Å². The molecule has 5 nitrogen and oxygen atoms in total. The number of aromatic nitrogens is 3. The van der Waals surface area contributed by atoms with E-state index in [-0.39, 0.29) is 0 Å². The summed E-state index contributed by atoms with van der Waals surface area (Å²) in [6.45, 7) is 1.95. The number of pyridine rings is 1. The fourth-order valence-corrected chi connectivity index (χ4v) is 2.26. The van der Waals surface area contributed by atoms with Gasteiger partial charge in [0, 0.05) is 23.0 Å². The minimum absolute atomic E-state index is 0.394. The number of benzene rings is 1. The molecule has 2 heterocycles. The summed E-state index contributed by atoms with van der Waals surface area (Å²) in [6, 6.07) is 11.7. The van der Waals surface area contributed by atoms with Crippen molar-refractivity contribution >= 4 is 5.95 Å². The van der Waals surface area contributed by atoms with E-state index in [9.17, 15) is 0 Å². The van der Waals surface area contributed by atoms with Crippen molar-refractivity contribution in [1.82, 2.24) is 15.0 Å². The highest BCUT2D eigenvalue weighted by atomic mass is 16.5.